The minimum atomic E-state index is 0.614. The highest BCUT2D eigenvalue weighted by molar-refractivity contribution is 7.09. The molecule has 19 heavy (non-hydrogen) atoms. The molecule has 0 radical (unpaired) electrons. The van der Waals surface area contributed by atoms with Crippen molar-refractivity contribution in [3.05, 3.63) is 16.1 Å². The van der Waals surface area contributed by atoms with Crippen molar-refractivity contribution in [3.63, 3.8) is 0 Å². The average Bonchev–Trinajstić information content (AvgIpc) is 2.81. The number of hydrogen-bond donors (Lipinski definition) is 1. The molecule has 2 nitrogen and oxygen atoms in total. The Hall–Kier alpha value is -0.410. The maximum absolute atomic E-state index is 4.59. The minimum Gasteiger partial charge on any atom is -0.314 e. The largest absolute Gasteiger partial charge is 0.314 e. The number of hydrogen-bond acceptors (Lipinski definition) is 3. The van der Waals surface area contributed by atoms with Crippen molar-refractivity contribution in [2.45, 2.75) is 78.2 Å². The van der Waals surface area contributed by atoms with E-state index in [2.05, 4.69) is 36.5 Å². The number of unbranched alkanes of at least 4 members (excludes halogenated alkanes) is 4. The maximum atomic E-state index is 4.59. The van der Waals surface area contributed by atoms with Crippen LogP contribution in [0.4, 0.5) is 0 Å². The Morgan fingerprint density at radius 3 is 2.58 bits per heavy atom. The summed E-state index contributed by atoms with van der Waals surface area (Å²) in [5.74, 6) is 0. The van der Waals surface area contributed by atoms with E-state index in [-0.39, 0.29) is 0 Å². The molecule has 1 atom stereocenters. The lowest BCUT2D eigenvalue weighted by atomic mass is 10.0. The molecular formula is C16H30N2S. The van der Waals surface area contributed by atoms with E-state index in [1.54, 1.807) is 11.3 Å². The van der Waals surface area contributed by atoms with Crippen LogP contribution in [0.25, 0.3) is 0 Å². The molecule has 0 amide bonds. The van der Waals surface area contributed by atoms with Gasteiger partial charge in [0.2, 0.25) is 0 Å². The van der Waals surface area contributed by atoms with Crippen molar-refractivity contribution in [1.82, 2.24) is 10.3 Å². The molecule has 110 valence electrons. The van der Waals surface area contributed by atoms with Gasteiger partial charge >= 0.3 is 0 Å². The van der Waals surface area contributed by atoms with Crippen LogP contribution in [-0.2, 0) is 6.42 Å². The second kappa shape index (κ2) is 10.4. The van der Waals surface area contributed by atoms with Crippen LogP contribution in [0.1, 0.15) is 69.5 Å². The first-order chi connectivity index (χ1) is 9.26. The second-order valence-corrected chi connectivity index (χ2v) is 6.48. The van der Waals surface area contributed by atoms with E-state index in [0.717, 1.165) is 13.0 Å². The monoisotopic (exact) mass is 282 g/mol. The Kier molecular flexibility index (Phi) is 9.10. The summed E-state index contributed by atoms with van der Waals surface area (Å²) in [5.41, 5.74) is 1.27. The van der Waals surface area contributed by atoms with E-state index < -0.39 is 0 Å². The van der Waals surface area contributed by atoms with Gasteiger partial charge in [-0.25, -0.2) is 4.98 Å². The summed E-state index contributed by atoms with van der Waals surface area (Å²) in [5, 5.41) is 7.09. The third-order valence-corrected chi connectivity index (χ3v) is 4.28. The van der Waals surface area contributed by atoms with Crippen LogP contribution >= 0.6 is 11.3 Å². The van der Waals surface area contributed by atoms with Crippen LogP contribution in [0.2, 0.25) is 0 Å². The summed E-state index contributed by atoms with van der Waals surface area (Å²) in [4.78, 5) is 4.59. The van der Waals surface area contributed by atoms with Gasteiger partial charge in [0, 0.05) is 17.8 Å². The summed E-state index contributed by atoms with van der Waals surface area (Å²) in [7, 11) is 0. The third-order valence-electron chi connectivity index (χ3n) is 3.46. The molecule has 1 heterocycles. The topological polar surface area (TPSA) is 24.9 Å². The Labute approximate surface area is 123 Å². The normalized spacial score (nSPS) is 12.8. The lowest BCUT2D eigenvalue weighted by Gasteiger charge is -2.17. The summed E-state index contributed by atoms with van der Waals surface area (Å²) in [6.07, 6.45) is 10.4. The van der Waals surface area contributed by atoms with Gasteiger partial charge in [0.25, 0.3) is 0 Å². The number of thiazole rings is 1. The number of aromatic nitrogens is 1. The van der Waals surface area contributed by atoms with Crippen LogP contribution in [0.3, 0.4) is 0 Å². The molecule has 1 aromatic heterocycles. The quantitative estimate of drug-likeness (QED) is 0.594. The van der Waals surface area contributed by atoms with Gasteiger partial charge in [0.05, 0.1) is 10.7 Å². The Morgan fingerprint density at radius 1 is 1.16 bits per heavy atom. The summed E-state index contributed by atoms with van der Waals surface area (Å²) < 4.78 is 0. The van der Waals surface area contributed by atoms with E-state index in [1.165, 1.54) is 55.6 Å². The van der Waals surface area contributed by atoms with Gasteiger partial charge < -0.3 is 5.32 Å². The molecule has 0 aliphatic rings. The molecule has 0 spiro atoms. The van der Waals surface area contributed by atoms with Gasteiger partial charge in [-0.15, -0.1) is 11.3 Å². The molecule has 0 saturated heterocycles. The van der Waals surface area contributed by atoms with E-state index in [4.69, 9.17) is 0 Å². The molecule has 0 bridgehead atoms. The van der Waals surface area contributed by atoms with Gasteiger partial charge in [-0.2, -0.15) is 0 Å². The van der Waals surface area contributed by atoms with Crippen LogP contribution < -0.4 is 5.32 Å². The zero-order valence-corrected chi connectivity index (χ0v) is 13.7. The van der Waals surface area contributed by atoms with Crippen LogP contribution in [0, 0.1) is 6.92 Å². The van der Waals surface area contributed by atoms with E-state index in [0.29, 0.717) is 6.04 Å². The molecule has 0 aliphatic carbocycles. The molecule has 1 N–H and O–H groups in total. The molecule has 3 heteroatoms. The molecule has 0 aromatic carbocycles. The first-order valence-corrected chi connectivity index (χ1v) is 8.78. The van der Waals surface area contributed by atoms with E-state index in [1.807, 2.05) is 0 Å². The van der Waals surface area contributed by atoms with Crippen LogP contribution in [0.15, 0.2) is 5.38 Å². The van der Waals surface area contributed by atoms with Gasteiger partial charge in [0.15, 0.2) is 0 Å². The fourth-order valence-corrected chi connectivity index (χ4v) is 3.00. The predicted molar refractivity (Wildman–Crippen MR) is 86.0 cm³/mol. The molecule has 0 fully saturated rings. The Balaban J connectivity index is 2.29. The molecule has 1 rings (SSSR count). The zero-order valence-electron chi connectivity index (χ0n) is 12.9. The molecule has 1 aromatic rings. The Bertz CT molecular complexity index is 322. The second-order valence-electron chi connectivity index (χ2n) is 5.42. The van der Waals surface area contributed by atoms with Crippen LogP contribution in [-0.4, -0.2) is 17.6 Å². The van der Waals surface area contributed by atoms with Crippen molar-refractivity contribution < 1.29 is 0 Å². The third kappa shape index (κ3) is 7.68. The average molecular weight is 282 g/mol. The Morgan fingerprint density at radius 2 is 1.95 bits per heavy atom. The van der Waals surface area contributed by atoms with Gasteiger partial charge in [0.1, 0.15) is 0 Å². The van der Waals surface area contributed by atoms with Crippen molar-refractivity contribution >= 4 is 11.3 Å². The lowest BCUT2D eigenvalue weighted by molar-refractivity contribution is 0.448. The fourth-order valence-electron chi connectivity index (χ4n) is 2.37. The summed E-state index contributed by atoms with van der Waals surface area (Å²) in [6, 6.07) is 0.614. The fraction of sp³-hybridized carbons (Fsp3) is 0.812. The van der Waals surface area contributed by atoms with Crippen molar-refractivity contribution in [2.24, 2.45) is 0 Å². The van der Waals surface area contributed by atoms with Gasteiger partial charge in [-0.1, -0.05) is 46.0 Å². The summed E-state index contributed by atoms with van der Waals surface area (Å²) in [6.45, 7) is 7.73. The molecular weight excluding hydrogens is 252 g/mol. The van der Waals surface area contributed by atoms with Crippen molar-refractivity contribution in [1.29, 1.82) is 0 Å². The highest BCUT2D eigenvalue weighted by atomic mass is 32.1. The predicted octanol–water partition coefficient (Wildman–Crippen LogP) is 4.72. The minimum absolute atomic E-state index is 0.614. The summed E-state index contributed by atoms with van der Waals surface area (Å²) >= 11 is 1.77. The first-order valence-electron chi connectivity index (χ1n) is 7.90. The van der Waals surface area contributed by atoms with Gasteiger partial charge in [-0.3, -0.25) is 0 Å². The van der Waals surface area contributed by atoms with Gasteiger partial charge in [-0.05, 0) is 26.3 Å². The highest BCUT2D eigenvalue weighted by Gasteiger charge is 2.10. The van der Waals surface area contributed by atoms with E-state index in [9.17, 15) is 0 Å². The number of nitrogens with zero attached hydrogens (tertiary/aromatic N) is 1. The van der Waals surface area contributed by atoms with Crippen LogP contribution in [0.5, 0.6) is 0 Å². The first kappa shape index (κ1) is 16.6. The molecule has 0 aliphatic heterocycles. The zero-order chi connectivity index (χ0) is 13.9. The van der Waals surface area contributed by atoms with Crippen molar-refractivity contribution in [2.75, 3.05) is 6.54 Å². The standard InChI is InChI=1S/C16H30N2S/c1-4-6-7-8-9-10-15(17-11-5-2)12-16-13-19-14(3)18-16/h13,15,17H,4-12H2,1-3H3. The number of rotatable bonds is 11. The molecule has 0 saturated carbocycles. The smallest absolute Gasteiger partial charge is 0.0897 e. The molecule has 1 unspecified atom stereocenters. The highest BCUT2D eigenvalue weighted by Crippen LogP contribution is 2.14. The van der Waals surface area contributed by atoms with Crippen molar-refractivity contribution in [3.8, 4) is 0 Å². The van der Waals surface area contributed by atoms with E-state index >= 15 is 0 Å². The number of aryl methyl sites for hydroxylation is 1. The number of nitrogens with one attached hydrogen (secondary N) is 1. The maximum Gasteiger partial charge on any atom is 0.0897 e. The lowest BCUT2D eigenvalue weighted by Crippen LogP contribution is -2.31. The SMILES string of the molecule is CCCCCCCC(Cc1csc(C)n1)NCCC.